The van der Waals surface area contributed by atoms with Gasteiger partial charge in [-0.05, 0) is 31.6 Å². The highest BCUT2D eigenvalue weighted by molar-refractivity contribution is 9.09. The van der Waals surface area contributed by atoms with Gasteiger partial charge in [0.1, 0.15) is 0 Å². The molecule has 1 aliphatic carbocycles. The van der Waals surface area contributed by atoms with Crippen molar-refractivity contribution in [3.05, 3.63) is 0 Å². The Bertz CT molecular complexity index is 151. The molecule has 1 saturated carbocycles. The molecule has 12 heavy (non-hydrogen) atoms. The van der Waals surface area contributed by atoms with Crippen LogP contribution in [0.3, 0.4) is 0 Å². The number of halogens is 1. The van der Waals surface area contributed by atoms with Crippen LogP contribution in [0, 0.1) is 11.8 Å². The van der Waals surface area contributed by atoms with Gasteiger partial charge in [-0.15, -0.1) is 0 Å². The summed E-state index contributed by atoms with van der Waals surface area (Å²) < 4.78 is 4.71. The molecule has 1 fully saturated rings. The van der Waals surface area contributed by atoms with Crippen LogP contribution >= 0.6 is 15.9 Å². The minimum atomic E-state index is -0.0250. The van der Waals surface area contributed by atoms with Crippen molar-refractivity contribution in [2.45, 2.75) is 25.7 Å². The van der Waals surface area contributed by atoms with Gasteiger partial charge in [0.25, 0.3) is 0 Å². The predicted molar refractivity (Wildman–Crippen MR) is 51.3 cm³/mol. The van der Waals surface area contributed by atoms with Crippen LogP contribution in [0.2, 0.25) is 0 Å². The maximum atomic E-state index is 11.1. The highest BCUT2D eigenvalue weighted by Crippen LogP contribution is 2.30. The molecule has 0 spiro atoms. The SMILES string of the molecule is COC(=O)[C@H]1CC[C@H](CBr)CC1. The van der Waals surface area contributed by atoms with Crippen molar-refractivity contribution in [2.75, 3.05) is 12.4 Å². The third-order valence-electron chi connectivity index (χ3n) is 2.60. The van der Waals surface area contributed by atoms with Gasteiger partial charge in [-0.2, -0.15) is 0 Å². The molecule has 0 aliphatic heterocycles. The summed E-state index contributed by atoms with van der Waals surface area (Å²) in [7, 11) is 1.47. The van der Waals surface area contributed by atoms with E-state index >= 15 is 0 Å². The molecular weight excluding hydrogens is 220 g/mol. The second-order valence-corrected chi connectivity index (χ2v) is 4.04. The Hall–Kier alpha value is -0.0500. The van der Waals surface area contributed by atoms with Gasteiger partial charge in [-0.3, -0.25) is 4.79 Å². The maximum Gasteiger partial charge on any atom is 0.308 e. The number of esters is 1. The average Bonchev–Trinajstić information content (AvgIpc) is 2.17. The lowest BCUT2D eigenvalue weighted by atomic mass is 9.83. The zero-order valence-corrected chi connectivity index (χ0v) is 8.97. The fourth-order valence-corrected chi connectivity index (χ4v) is 2.37. The Morgan fingerprint density at radius 1 is 1.42 bits per heavy atom. The van der Waals surface area contributed by atoms with E-state index in [-0.39, 0.29) is 11.9 Å². The standard InChI is InChI=1S/C9H15BrO2/c1-12-9(11)8-4-2-7(6-10)3-5-8/h7-8H,2-6H2,1H3/t7-,8-. The summed E-state index contributed by atoms with van der Waals surface area (Å²) in [6.07, 6.45) is 4.32. The van der Waals surface area contributed by atoms with Crippen molar-refractivity contribution in [3.63, 3.8) is 0 Å². The van der Waals surface area contributed by atoms with Crippen LogP contribution in [-0.2, 0) is 9.53 Å². The molecule has 2 nitrogen and oxygen atoms in total. The molecule has 0 heterocycles. The molecule has 0 aromatic rings. The number of hydrogen-bond acceptors (Lipinski definition) is 2. The Balaban J connectivity index is 2.30. The van der Waals surface area contributed by atoms with E-state index in [1.54, 1.807) is 0 Å². The highest BCUT2D eigenvalue weighted by Gasteiger charge is 2.25. The molecule has 0 amide bonds. The molecule has 0 atom stereocenters. The van der Waals surface area contributed by atoms with E-state index in [0.29, 0.717) is 0 Å². The van der Waals surface area contributed by atoms with Crippen molar-refractivity contribution in [1.82, 2.24) is 0 Å². The zero-order chi connectivity index (χ0) is 8.97. The van der Waals surface area contributed by atoms with Gasteiger partial charge in [0.15, 0.2) is 0 Å². The van der Waals surface area contributed by atoms with E-state index in [0.717, 1.165) is 36.9 Å². The molecule has 0 bridgehead atoms. The van der Waals surface area contributed by atoms with Crippen LogP contribution in [0.5, 0.6) is 0 Å². The molecule has 0 aromatic carbocycles. The number of carbonyl (C=O) groups excluding carboxylic acids is 1. The third-order valence-corrected chi connectivity index (χ3v) is 3.52. The third kappa shape index (κ3) is 2.47. The number of carbonyl (C=O) groups is 1. The van der Waals surface area contributed by atoms with Crippen LogP contribution in [0.25, 0.3) is 0 Å². The summed E-state index contributed by atoms with van der Waals surface area (Å²) in [5, 5.41) is 1.07. The Morgan fingerprint density at radius 3 is 2.42 bits per heavy atom. The van der Waals surface area contributed by atoms with E-state index in [1.165, 1.54) is 7.11 Å². The average molecular weight is 235 g/mol. The molecular formula is C9H15BrO2. The highest BCUT2D eigenvalue weighted by atomic mass is 79.9. The van der Waals surface area contributed by atoms with E-state index in [1.807, 2.05) is 0 Å². The first-order valence-electron chi connectivity index (χ1n) is 4.41. The first-order valence-corrected chi connectivity index (χ1v) is 5.54. The van der Waals surface area contributed by atoms with E-state index in [4.69, 9.17) is 4.74 Å². The van der Waals surface area contributed by atoms with Gasteiger partial charge in [0.2, 0.25) is 0 Å². The van der Waals surface area contributed by atoms with E-state index in [9.17, 15) is 4.79 Å². The number of hydrogen-bond donors (Lipinski definition) is 0. The summed E-state index contributed by atoms with van der Waals surface area (Å²) in [5.74, 6) is 0.916. The van der Waals surface area contributed by atoms with E-state index in [2.05, 4.69) is 15.9 Å². The lowest BCUT2D eigenvalue weighted by Gasteiger charge is -2.25. The largest absolute Gasteiger partial charge is 0.469 e. The monoisotopic (exact) mass is 234 g/mol. The van der Waals surface area contributed by atoms with Gasteiger partial charge >= 0.3 is 5.97 Å². The minimum absolute atomic E-state index is 0.0250. The number of ether oxygens (including phenoxy) is 1. The smallest absolute Gasteiger partial charge is 0.308 e. The first kappa shape index (κ1) is 10.0. The summed E-state index contributed by atoms with van der Waals surface area (Å²) in [6.45, 7) is 0. The van der Waals surface area contributed by atoms with Gasteiger partial charge in [-0.25, -0.2) is 0 Å². The Morgan fingerprint density at radius 2 is 2.00 bits per heavy atom. The van der Waals surface area contributed by atoms with Gasteiger partial charge in [-0.1, -0.05) is 15.9 Å². The predicted octanol–water partition coefficient (Wildman–Crippen LogP) is 2.36. The number of methoxy groups -OCH3 is 1. The molecule has 0 saturated heterocycles. The van der Waals surface area contributed by atoms with Crippen molar-refractivity contribution in [3.8, 4) is 0 Å². The van der Waals surface area contributed by atoms with Gasteiger partial charge < -0.3 is 4.74 Å². The Kier molecular flexibility index (Phi) is 4.06. The quantitative estimate of drug-likeness (QED) is 0.542. The molecule has 0 radical (unpaired) electrons. The molecule has 1 rings (SSSR count). The molecule has 3 heteroatoms. The number of rotatable bonds is 2. The van der Waals surface area contributed by atoms with Crippen molar-refractivity contribution in [1.29, 1.82) is 0 Å². The Labute approximate surface area is 81.8 Å². The summed E-state index contributed by atoms with van der Waals surface area (Å²) >= 11 is 3.47. The van der Waals surface area contributed by atoms with Gasteiger partial charge in [0, 0.05) is 5.33 Å². The zero-order valence-electron chi connectivity index (χ0n) is 7.38. The van der Waals surface area contributed by atoms with Crippen LogP contribution in [0.4, 0.5) is 0 Å². The maximum absolute atomic E-state index is 11.1. The van der Waals surface area contributed by atoms with Crippen molar-refractivity contribution < 1.29 is 9.53 Å². The topological polar surface area (TPSA) is 26.3 Å². The normalized spacial score (nSPS) is 29.8. The number of alkyl halides is 1. The molecule has 0 N–H and O–H groups in total. The summed E-state index contributed by atoms with van der Waals surface area (Å²) in [5.41, 5.74) is 0. The van der Waals surface area contributed by atoms with E-state index < -0.39 is 0 Å². The van der Waals surface area contributed by atoms with Crippen LogP contribution < -0.4 is 0 Å². The fourth-order valence-electron chi connectivity index (χ4n) is 1.72. The minimum Gasteiger partial charge on any atom is -0.469 e. The van der Waals surface area contributed by atoms with Crippen LogP contribution in [-0.4, -0.2) is 18.4 Å². The van der Waals surface area contributed by atoms with Crippen LogP contribution in [0.1, 0.15) is 25.7 Å². The molecule has 70 valence electrons. The summed E-state index contributed by atoms with van der Waals surface area (Å²) in [6, 6.07) is 0. The van der Waals surface area contributed by atoms with Crippen molar-refractivity contribution >= 4 is 21.9 Å². The summed E-state index contributed by atoms with van der Waals surface area (Å²) in [4.78, 5) is 11.1. The van der Waals surface area contributed by atoms with Crippen molar-refractivity contribution in [2.24, 2.45) is 11.8 Å². The lowest BCUT2D eigenvalue weighted by Crippen LogP contribution is -2.23. The first-order chi connectivity index (χ1) is 5.77. The van der Waals surface area contributed by atoms with Crippen LogP contribution in [0.15, 0.2) is 0 Å². The molecule has 0 aromatic heterocycles. The second-order valence-electron chi connectivity index (χ2n) is 3.40. The lowest BCUT2D eigenvalue weighted by molar-refractivity contribution is -0.146. The van der Waals surface area contributed by atoms with Gasteiger partial charge in [0.05, 0.1) is 13.0 Å². The molecule has 0 unspecified atom stereocenters. The fraction of sp³-hybridized carbons (Fsp3) is 0.889. The molecule has 1 aliphatic rings. The second kappa shape index (κ2) is 4.85.